The Labute approximate surface area is 117 Å². The average molecular weight is 281 g/mol. The molecule has 0 amide bonds. The number of rotatable bonds is 7. The fourth-order valence-corrected chi connectivity index (χ4v) is 1.50. The molecular formula is C14H19NO5. The number of nitrogen functional groups attached to an aromatic ring is 1. The first-order chi connectivity index (χ1) is 9.58. The second-order valence-electron chi connectivity index (χ2n) is 3.94. The fourth-order valence-electron chi connectivity index (χ4n) is 1.50. The van der Waals surface area contributed by atoms with E-state index in [0.29, 0.717) is 11.4 Å². The zero-order valence-electron chi connectivity index (χ0n) is 11.6. The van der Waals surface area contributed by atoms with Crippen LogP contribution in [-0.2, 0) is 19.1 Å². The molecule has 110 valence electrons. The van der Waals surface area contributed by atoms with E-state index in [0.717, 1.165) is 0 Å². The molecule has 0 aliphatic rings. The Bertz CT molecular complexity index is 443. The van der Waals surface area contributed by atoms with Crippen LogP contribution in [0.15, 0.2) is 24.3 Å². The van der Waals surface area contributed by atoms with Crippen LogP contribution in [0.2, 0.25) is 0 Å². The monoisotopic (exact) mass is 281 g/mol. The maximum Gasteiger partial charge on any atom is 0.323 e. The van der Waals surface area contributed by atoms with Crippen LogP contribution in [0.5, 0.6) is 5.75 Å². The second-order valence-corrected chi connectivity index (χ2v) is 3.94. The van der Waals surface area contributed by atoms with Gasteiger partial charge in [0.05, 0.1) is 13.2 Å². The molecule has 0 aliphatic heterocycles. The predicted octanol–water partition coefficient (Wildman–Crippen LogP) is 1.39. The maximum absolute atomic E-state index is 11.7. The van der Waals surface area contributed by atoms with Crippen molar-refractivity contribution in [2.24, 2.45) is 5.92 Å². The molecule has 0 fully saturated rings. The molecule has 0 atom stereocenters. The second kappa shape index (κ2) is 8.04. The van der Waals surface area contributed by atoms with Gasteiger partial charge in [-0.05, 0) is 26.0 Å². The Morgan fingerprint density at radius 1 is 1.15 bits per heavy atom. The lowest BCUT2D eigenvalue weighted by Gasteiger charge is -2.15. The van der Waals surface area contributed by atoms with Gasteiger partial charge in [0.15, 0.2) is 5.92 Å². The van der Waals surface area contributed by atoms with Crippen LogP contribution in [0.1, 0.15) is 13.8 Å². The van der Waals surface area contributed by atoms with Gasteiger partial charge in [-0.25, -0.2) is 0 Å². The summed E-state index contributed by atoms with van der Waals surface area (Å²) in [6.07, 6.45) is 0. The Morgan fingerprint density at radius 2 is 1.75 bits per heavy atom. The number of nitrogens with two attached hydrogens (primary N) is 1. The van der Waals surface area contributed by atoms with Gasteiger partial charge in [0, 0.05) is 11.8 Å². The van der Waals surface area contributed by atoms with E-state index >= 15 is 0 Å². The molecule has 2 N–H and O–H groups in total. The van der Waals surface area contributed by atoms with Crippen molar-refractivity contribution < 1.29 is 23.8 Å². The molecule has 0 unspecified atom stereocenters. The number of carbonyl (C=O) groups is 2. The Hall–Kier alpha value is -2.24. The van der Waals surface area contributed by atoms with Gasteiger partial charge in [0.25, 0.3) is 0 Å². The highest BCUT2D eigenvalue weighted by Crippen LogP contribution is 2.16. The summed E-state index contributed by atoms with van der Waals surface area (Å²) in [5.41, 5.74) is 6.15. The third kappa shape index (κ3) is 4.79. The van der Waals surface area contributed by atoms with Gasteiger partial charge in [0.2, 0.25) is 0 Å². The summed E-state index contributed by atoms with van der Waals surface area (Å²) >= 11 is 0. The highest BCUT2D eigenvalue weighted by atomic mass is 16.6. The van der Waals surface area contributed by atoms with Crippen molar-refractivity contribution in [1.82, 2.24) is 0 Å². The van der Waals surface area contributed by atoms with Crippen LogP contribution in [0.3, 0.4) is 0 Å². The lowest BCUT2D eigenvalue weighted by Crippen LogP contribution is -2.33. The Kier molecular flexibility index (Phi) is 6.36. The SMILES string of the molecule is CCOC(=O)C(COc1cccc(N)c1)C(=O)OCC. The molecule has 1 rings (SSSR count). The van der Waals surface area contributed by atoms with Crippen LogP contribution in [0, 0.1) is 5.92 Å². The normalized spacial score (nSPS) is 10.2. The van der Waals surface area contributed by atoms with Crippen molar-refractivity contribution in [2.45, 2.75) is 13.8 Å². The summed E-state index contributed by atoms with van der Waals surface area (Å²) in [6.45, 7) is 3.55. The van der Waals surface area contributed by atoms with Crippen molar-refractivity contribution in [1.29, 1.82) is 0 Å². The van der Waals surface area contributed by atoms with E-state index in [1.54, 1.807) is 38.1 Å². The Balaban J connectivity index is 2.69. The number of anilines is 1. The molecule has 0 radical (unpaired) electrons. The van der Waals surface area contributed by atoms with Gasteiger partial charge >= 0.3 is 11.9 Å². The minimum Gasteiger partial charge on any atom is -0.492 e. The van der Waals surface area contributed by atoms with Gasteiger partial charge < -0.3 is 19.9 Å². The number of esters is 2. The molecule has 0 aromatic heterocycles. The summed E-state index contributed by atoms with van der Waals surface area (Å²) in [6, 6.07) is 6.71. The van der Waals surface area contributed by atoms with Crippen molar-refractivity contribution in [3.63, 3.8) is 0 Å². The zero-order valence-corrected chi connectivity index (χ0v) is 11.6. The number of hydrogen-bond acceptors (Lipinski definition) is 6. The molecular weight excluding hydrogens is 262 g/mol. The van der Waals surface area contributed by atoms with E-state index in [-0.39, 0.29) is 19.8 Å². The zero-order chi connectivity index (χ0) is 15.0. The van der Waals surface area contributed by atoms with E-state index in [1.165, 1.54) is 0 Å². The first-order valence-corrected chi connectivity index (χ1v) is 6.40. The summed E-state index contributed by atoms with van der Waals surface area (Å²) in [7, 11) is 0. The molecule has 0 aliphatic carbocycles. The van der Waals surface area contributed by atoms with Gasteiger partial charge in [-0.3, -0.25) is 9.59 Å². The maximum atomic E-state index is 11.7. The molecule has 6 heteroatoms. The van der Waals surface area contributed by atoms with Crippen LogP contribution in [-0.4, -0.2) is 31.8 Å². The molecule has 0 bridgehead atoms. The number of benzene rings is 1. The van der Waals surface area contributed by atoms with Gasteiger partial charge in [-0.2, -0.15) is 0 Å². The lowest BCUT2D eigenvalue weighted by atomic mass is 10.1. The average Bonchev–Trinajstić information content (AvgIpc) is 2.39. The van der Waals surface area contributed by atoms with Gasteiger partial charge in [0.1, 0.15) is 12.4 Å². The first-order valence-electron chi connectivity index (χ1n) is 6.40. The number of hydrogen-bond donors (Lipinski definition) is 1. The van der Waals surface area contributed by atoms with Crippen LogP contribution < -0.4 is 10.5 Å². The van der Waals surface area contributed by atoms with E-state index in [4.69, 9.17) is 19.9 Å². The van der Waals surface area contributed by atoms with E-state index in [2.05, 4.69) is 0 Å². The van der Waals surface area contributed by atoms with Gasteiger partial charge in [-0.1, -0.05) is 6.07 Å². The topological polar surface area (TPSA) is 87.9 Å². The van der Waals surface area contributed by atoms with Crippen molar-refractivity contribution in [3.05, 3.63) is 24.3 Å². The van der Waals surface area contributed by atoms with E-state index < -0.39 is 17.9 Å². The van der Waals surface area contributed by atoms with Crippen molar-refractivity contribution in [2.75, 3.05) is 25.6 Å². The fraction of sp³-hybridized carbons (Fsp3) is 0.429. The van der Waals surface area contributed by atoms with Crippen LogP contribution >= 0.6 is 0 Å². The van der Waals surface area contributed by atoms with Crippen LogP contribution in [0.25, 0.3) is 0 Å². The quantitative estimate of drug-likeness (QED) is 0.461. The molecule has 1 aromatic carbocycles. The molecule has 0 saturated carbocycles. The van der Waals surface area contributed by atoms with Gasteiger partial charge in [-0.15, -0.1) is 0 Å². The Morgan fingerprint density at radius 3 is 2.25 bits per heavy atom. The molecule has 1 aromatic rings. The van der Waals surface area contributed by atoms with Crippen LogP contribution in [0.4, 0.5) is 5.69 Å². The highest BCUT2D eigenvalue weighted by molar-refractivity contribution is 5.95. The highest BCUT2D eigenvalue weighted by Gasteiger charge is 2.30. The van der Waals surface area contributed by atoms with E-state index in [9.17, 15) is 9.59 Å². The van der Waals surface area contributed by atoms with Crippen molar-refractivity contribution >= 4 is 17.6 Å². The summed E-state index contributed by atoms with van der Waals surface area (Å²) in [5.74, 6) is -1.94. The molecule has 0 spiro atoms. The molecule has 6 nitrogen and oxygen atoms in total. The number of ether oxygens (including phenoxy) is 3. The minimum absolute atomic E-state index is 0.152. The molecule has 20 heavy (non-hydrogen) atoms. The largest absolute Gasteiger partial charge is 0.492 e. The lowest BCUT2D eigenvalue weighted by molar-refractivity contribution is -0.162. The third-order valence-electron chi connectivity index (χ3n) is 2.42. The molecule has 0 saturated heterocycles. The summed E-state index contributed by atoms with van der Waals surface area (Å²) in [4.78, 5) is 23.4. The number of carbonyl (C=O) groups excluding carboxylic acids is 2. The smallest absolute Gasteiger partial charge is 0.323 e. The molecule has 0 heterocycles. The third-order valence-corrected chi connectivity index (χ3v) is 2.42. The summed E-state index contributed by atoms with van der Waals surface area (Å²) < 4.78 is 15.1. The predicted molar refractivity (Wildman–Crippen MR) is 73.1 cm³/mol. The first kappa shape index (κ1) is 15.8. The standard InChI is InChI=1S/C14H19NO5/c1-3-18-13(16)12(14(17)19-4-2)9-20-11-7-5-6-10(15)8-11/h5-8,12H,3-4,9,15H2,1-2H3. The summed E-state index contributed by atoms with van der Waals surface area (Å²) in [5, 5.41) is 0. The minimum atomic E-state index is -1.10. The van der Waals surface area contributed by atoms with E-state index in [1.807, 2.05) is 0 Å². The van der Waals surface area contributed by atoms with Crippen molar-refractivity contribution in [3.8, 4) is 5.75 Å².